The highest BCUT2D eigenvalue weighted by Crippen LogP contribution is 2.28. The van der Waals surface area contributed by atoms with Crippen LogP contribution in [0.2, 0.25) is 0 Å². The fourth-order valence-electron chi connectivity index (χ4n) is 1.88. The van der Waals surface area contributed by atoms with Gasteiger partial charge in [-0.15, -0.1) is 0 Å². The standard InChI is InChI=1S/C15H15N3O4/c1-3-22-13-8-7-11(9-12(13)18(20)21)15(19)17-14-6-4-5-10(2)16-14/h4-9H,3H2,1-2H3,(H,16,17,19). The van der Waals surface area contributed by atoms with E-state index in [0.29, 0.717) is 12.4 Å². The van der Waals surface area contributed by atoms with Crippen LogP contribution >= 0.6 is 0 Å². The molecule has 0 fully saturated rings. The summed E-state index contributed by atoms with van der Waals surface area (Å²) in [6, 6.07) is 9.29. The Labute approximate surface area is 127 Å². The molecule has 0 bridgehead atoms. The van der Waals surface area contributed by atoms with Crippen molar-refractivity contribution in [3.63, 3.8) is 0 Å². The van der Waals surface area contributed by atoms with Gasteiger partial charge in [-0.25, -0.2) is 4.98 Å². The number of aromatic nitrogens is 1. The van der Waals surface area contributed by atoms with Crippen molar-refractivity contribution in [2.75, 3.05) is 11.9 Å². The Morgan fingerprint density at radius 3 is 2.77 bits per heavy atom. The first-order chi connectivity index (χ1) is 10.5. The summed E-state index contributed by atoms with van der Waals surface area (Å²) in [5, 5.41) is 13.7. The highest BCUT2D eigenvalue weighted by molar-refractivity contribution is 6.04. The molecule has 2 aromatic rings. The van der Waals surface area contributed by atoms with Crippen LogP contribution in [0.25, 0.3) is 0 Å². The Kier molecular flexibility index (Phi) is 4.67. The number of pyridine rings is 1. The molecular weight excluding hydrogens is 286 g/mol. The molecule has 0 saturated carbocycles. The van der Waals surface area contributed by atoms with Crippen molar-refractivity contribution in [2.24, 2.45) is 0 Å². The fraction of sp³-hybridized carbons (Fsp3) is 0.200. The molecule has 1 aromatic carbocycles. The van der Waals surface area contributed by atoms with E-state index in [-0.39, 0.29) is 17.0 Å². The maximum absolute atomic E-state index is 12.2. The van der Waals surface area contributed by atoms with E-state index in [9.17, 15) is 14.9 Å². The first-order valence-corrected chi connectivity index (χ1v) is 6.67. The number of nitro groups is 1. The third-order valence-electron chi connectivity index (χ3n) is 2.85. The molecule has 2 rings (SSSR count). The fourth-order valence-corrected chi connectivity index (χ4v) is 1.88. The van der Waals surface area contributed by atoms with Gasteiger partial charge in [0, 0.05) is 17.3 Å². The summed E-state index contributed by atoms with van der Waals surface area (Å²) in [6.07, 6.45) is 0. The highest BCUT2D eigenvalue weighted by atomic mass is 16.6. The van der Waals surface area contributed by atoms with Crippen molar-refractivity contribution >= 4 is 17.4 Å². The molecular formula is C15H15N3O4. The molecule has 1 N–H and O–H groups in total. The molecule has 0 aliphatic rings. The highest BCUT2D eigenvalue weighted by Gasteiger charge is 2.18. The number of aryl methyl sites for hydroxylation is 1. The molecule has 114 valence electrons. The van der Waals surface area contributed by atoms with Crippen LogP contribution in [-0.4, -0.2) is 22.4 Å². The van der Waals surface area contributed by atoms with Gasteiger partial charge in [0.15, 0.2) is 5.75 Å². The van der Waals surface area contributed by atoms with Gasteiger partial charge in [-0.3, -0.25) is 14.9 Å². The van der Waals surface area contributed by atoms with Crippen LogP contribution in [0.5, 0.6) is 5.75 Å². The minimum atomic E-state index is -0.577. The van der Waals surface area contributed by atoms with Gasteiger partial charge in [-0.1, -0.05) is 6.07 Å². The average Bonchev–Trinajstić information content (AvgIpc) is 2.47. The van der Waals surface area contributed by atoms with Gasteiger partial charge in [-0.05, 0) is 38.1 Å². The van der Waals surface area contributed by atoms with Gasteiger partial charge in [0.1, 0.15) is 5.82 Å². The number of amides is 1. The van der Waals surface area contributed by atoms with Crippen LogP contribution in [-0.2, 0) is 0 Å². The zero-order chi connectivity index (χ0) is 16.1. The van der Waals surface area contributed by atoms with Crippen LogP contribution in [0.15, 0.2) is 36.4 Å². The first-order valence-electron chi connectivity index (χ1n) is 6.67. The van der Waals surface area contributed by atoms with Crippen LogP contribution in [0.3, 0.4) is 0 Å². The van der Waals surface area contributed by atoms with E-state index in [1.54, 1.807) is 32.0 Å². The number of nitrogens with zero attached hydrogens (tertiary/aromatic N) is 2. The van der Waals surface area contributed by atoms with Gasteiger partial charge >= 0.3 is 5.69 Å². The summed E-state index contributed by atoms with van der Waals surface area (Å²) in [7, 11) is 0. The van der Waals surface area contributed by atoms with Crippen molar-refractivity contribution < 1.29 is 14.5 Å². The van der Waals surface area contributed by atoms with E-state index >= 15 is 0 Å². The summed E-state index contributed by atoms with van der Waals surface area (Å²) in [4.78, 5) is 26.8. The number of carbonyl (C=O) groups is 1. The number of nitro benzene ring substituents is 1. The smallest absolute Gasteiger partial charge is 0.311 e. The van der Waals surface area contributed by atoms with E-state index in [1.807, 2.05) is 0 Å². The Bertz CT molecular complexity index is 716. The van der Waals surface area contributed by atoms with Gasteiger partial charge < -0.3 is 10.1 Å². The van der Waals surface area contributed by atoms with Gasteiger partial charge in [0.05, 0.1) is 11.5 Å². The number of anilines is 1. The summed E-state index contributed by atoms with van der Waals surface area (Å²) >= 11 is 0. The van der Waals surface area contributed by atoms with Gasteiger partial charge in [0.2, 0.25) is 0 Å². The second-order valence-electron chi connectivity index (χ2n) is 4.49. The summed E-state index contributed by atoms with van der Waals surface area (Å²) in [5.74, 6) is 0.0588. The lowest BCUT2D eigenvalue weighted by atomic mass is 10.1. The number of hydrogen-bond acceptors (Lipinski definition) is 5. The Morgan fingerprint density at radius 2 is 2.14 bits per heavy atom. The number of carbonyl (C=O) groups excluding carboxylic acids is 1. The predicted octanol–water partition coefficient (Wildman–Crippen LogP) is 2.95. The Balaban J connectivity index is 2.26. The summed E-state index contributed by atoms with van der Waals surface area (Å²) in [5.41, 5.74) is 0.681. The number of rotatable bonds is 5. The van der Waals surface area contributed by atoms with Crippen LogP contribution < -0.4 is 10.1 Å². The second-order valence-corrected chi connectivity index (χ2v) is 4.49. The molecule has 0 spiro atoms. The quantitative estimate of drug-likeness (QED) is 0.676. The minimum absolute atomic E-state index is 0.137. The number of hydrogen-bond donors (Lipinski definition) is 1. The van der Waals surface area contributed by atoms with Crippen molar-refractivity contribution in [3.8, 4) is 5.75 Å². The zero-order valence-electron chi connectivity index (χ0n) is 12.2. The van der Waals surface area contributed by atoms with E-state index < -0.39 is 10.8 Å². The third kappa shape index (κ3) is 3.57. The first kappa shape index (κ1) is 15.4. The minimum Gasteiger partial charge on any atom is -0.487 e. The van der Waals surface area contributed by atoms with Crippen molar-refractivity contribution in [1.82, 2.24) is 4.98 Å². The van der Waals surface area contributed by atoms with E-state index in [0.717, 1.165) is 5.69 Å². The van der Waals surface area contributed by atoms with Crippen LogP contribution in [0, 0.1) is 17.0 Å². The van der Waals surface area contributed by atoms with Crippen molar-refractivity contribution in [2.45, 2.75) is 13.8 Å². The Hall–Kier alpha value is -2.96. The molecule has 7 nitrogen and oxygen atoms in total. The van der Waals surface area contributed by atoms with E-state index in [1.165, 1.54) is 18.2 Å². The maximum atomic E-state index is 12.2. The lowest BCUT2D eigenvalue weighted by Crippen LogP contribution is -2.13. The largest absolute Gasteiger partial charge is 0.487 e. The van der Waals surface area contributed by atoms with Crippen LogP contribution in [0.4, 0.5) is 11.5 Å². The van der Waals surface area contributed by atoms with E-state index in [4.69, 9.17) is 4.74 Å². The number of benzene rings is 1. The molecule has 0 aliphatic heterocycles. The third-order valence-corrected chi connectivity index (χ3v) is 2.85. The molecule has 0 atom stereocenters. The van der Waals surface area contributed by atoms with E-state index in [2.05, 4.69) is 10.3 Å². The maximum Gasteiger partial charge on any atom is 0.311 e. The van der Waals surface area contributed by atoms with Gasteiger partial charge in [0.25, 0.3) is 5.91 Å². The summed E-state index contributed by atoms with van der Waals surface area (Å²) < 4.78 is 5.18. The average molecular weight is 301 g/mol. The molecule has 0 saturated heterocycles. The van der Waals surface area contributed by atoms with Gasteiger partial charge in [-0.2, -0.15) is 0 Å². The number of ether oxygens (including phenoxy) is 1. The van der Waals surface area contributed by atoms with Crippen molar-refractivity contribution in [3.05, 3.63) is 57.8 Å². The summed E-state index contributed by atoms with van der Waals surface area (Å²) in [6.45, 7) is 3.84. The number of nitrogens with one attached hydrogen (secondary N) is 1. The lowest BCUT2D eigenvalue weighted by molar-refractivity contribution is -0.385. The molecule has 0 radical (unpaired) electrons. The topological polar surface area (TPSA) is 94.4 Å². The zero-order valence-corrected chi connectivity index (χ0v) is 12.2. The molecule has 0 unspecified atom stereocenters. The SMILES string of the molecule is CCOc1ccc(C(=O)Nc2cccc(C)n2)cc1[N+](=O)[O-]. The molecule has 0 aliphatic carbocycles. The van der Waals surface area contributed by atoms with Crippen molar-refractivity contribution in [1.29, 1.82) is 0 Å². The lowest BCUT2D eigenvalue weighted by Gasteiger charge is -2.07. The predicted molar refractivity (Wildman–Crippen MR) is 81.2 cm³/mol. The normalized spacial score (nSPS) is 10.1. The monoisotopic (exact) mass is 301 g/mol. The molecule has 1 aromatic heterocycles. The van der Waals surface area contributed by atoms with Crippen LogP contribution in [0.1, 0.15) is 23.0 Å². The molecule has 1 amide bonds. The Morgan fingerprint density at radius 1 is 1.36 bits per heavy atom. The molecule has 22 heavy (non-hydrogen) atoms. The second kappa shape index (κ2) is 6.66. The molecule has 1 heterocycles. The molecule has 7 heteroatoms.